The molecule has 0 aliphatic heterocycles. The first-order valence-electron chi connectivity index (χ1n) is 8.98. The van der Waals surface area contributed by atoms with Crippen LogP contribution in [0.5, 0.6) is 0 Å². The number of rotatable bonds is 5. The highest BCUT2D eigenvalue weighted by Crippen LogP contribution is 2.22. The Morgan fingerprint density at radius 3 is 2.38 bits per heavy atom. The minimum atomic E-state index is -0.533. The second-order valence-electron chi connectivity index (χ2n) is 7.19. The van der Waals surface area contributed by atoms with E-state index in [-0.39, 0.29) is 46.1 Å². The molecule has 10 heteroatoms. The number of benzene rings is 1. The van der Waals surface area contributed by atoms with E-state index in [2.05, 4.69) is 26.2 Å². The average molecular weight is 466 g/mol. The molecule has 2 heterocycles. The average Bonchev–Trinajstić information content (AvgIpc) is 3.00. The fraction of sp³-hybridized carbons (Fsp3) is 0.368. The maximum atomic E-state index is 13.2. The molecule has 0 aliphatic carbocycles. The number of carbonyl (C=O) groups excluding carboxylic acids is 1. The fourth-order valence-electron chi connectivity index (χ4n) is 3.27. The predicted octanol–water partition coefficient (Wildman–Crippen LogP) is 1.85. The van der Waals surface area contributed by atoms with Gasteiger partial charge in [0.1, 0.15) is 12.4 Å². The zero-order valence-electron chi connectivity index (χ0n) is 16.4. The van der Waals surface area contributed by atoms with Crippen LogP contribution in [0.3, 0.4) is 0 Å². The second-order valence-corrected chi connectivity index (χ2v) is 7.89. The molecule has 1 amide bonds. The molecular formula is C19H21BrFN5O3. The van der Waals surface area contributed by atoms with E-state index in [1.807, 2.05) is 13.8 Å². The monoisotopic (exact) mass is 465 g/mol. The smallest absolute Gasteiger partial charge is 0.332 e. The summed E-state index contributed by atoms with van der Waals surface area (Å²) >= 11 is 3.27. The van der Waals surface area contributed by atoms with Crippen LogP contribution in [-0.2, 0) is 25.4 Å². The van der Waals surface area contributed by atoms with Crippen molar-refractivity contribution in [1.29, 1.82) is 0 Å². The Bertz CT molecular complexity index is 1190. The molecule has 1 aromatic carbocycles. The maximum Gasteiger partial charge on any atom is 0.332 e. The van der Waals surface area contributed by atoms with Gasteiger partial charge < -0.3 is 5.32 Å². The van der Waals surface area contributed by atoms with Crippen molar-refractivity contribution in [2.45, 2.75) is 26.4 Å². The third kappa shape index (κ3) is 3.89. The van der Waals surface area contributed by atoms with Gasteiger partial charge in [0.15, 0.2) is 15.9 Å². The lowest BCUT2D eigenvalue weighted by molar-refractivity contribution is -0.122. The van der Waals surface area contributed by atoms with Crippen LogP contribution in [0.4, 0.5) is 4.39 Å². The summed E-state index contributed by atoms with van der Waals surface area (Å²) in [5.41, 5.74) is 0.0825. The fourth-order valence-corrected chi connectivity index (χ4v) is 3.74. The molecule has 2 aromatic heterocycles. The number of nitrogens with zero attached hydrogens (tertiary/aromatic N) is 4. The van der Waals surface area contributed by atoms with Gasteiger partial charge in [-0.1, -0.05) is 26.0 Å². The highest BCUT2D eigenvalue weighted by molar-refractivity contribution is 9.10. The maximum absolute atomic E-state index is 13.2. The van der Waals surface area contributed by atoms with Crippen LogP contribution in [-0.4, -0.2) is 24.6 Å². The van der Waals surface area contributed by atoms with Crippen molar-refractivity contribution in [1.82, 2.24) is 24.0 Å². The molecule has 1 unspecified atom stereocenters. The van der Waals surface area contributed by atoms with Gasteiger partial charge in [0.25, 0.3) is 5.56 Å². The van der Waals surface area contributed by atoms with Crippen molar-refractivity contribution in [2.75, 3.05) is 0 Å². The lowest BCUT2D eigenvalue weighted by Gasteiger charge is -2.23. The summed E-state index contributed by atoms with van der Waals surface area (Å²) in [6, 6.07) is 5.64. The molecule has 154 valence electrons. The Kier molecular flexibility index (Phi) is 5.74. The minimum Gasteiger partial charge on any atom is -0.347 e. The Hall–Kier alpha value is -2.75. The number of imidazole rings is 1. The van der Waals surface area contributed by atoms with Crippen LogP contribution in [0.25, 0.3) is 11.2 Å². The zero-order valence-corrected chi connectivity index (χ0v) is 18.0. The van der Waals surface area contributed by atoms with E-state index in [4.69, 9.17) is 0 Å². The first-order chi connectivity index (χ1) is 13.6. The summed E-state index contributed by atoms with van der Waals surface area (Å²) in [6.45, 7) is 3.75. The van der Waals surface area contributed by atoms with Crippen LogP contribution in [0.2, 0.25) is 0 Å². The highest BCUT2D eigenvalue weighted by Gasteiger charge is 2.22. The largest absolute Gasteiger partial charge is 0.347 e. The summed E-state index contributed by atoms with van der Waals surface area (Å²) in [5, 5.41) is 2.94. The van der Waals surface area contributed by atoms with E-state index in [1.165, 1.54) is 35.4 Å². The lowest BCUT2D eigenvalue weighted by atomic mass is 9.96. The molecule has 3 rings (SSSR count). The van der Waals surface area contributed by atoms with Crippen LogP contribution in [0.1, 0.15) is 25.5 Å². The molecule has 0 spiro atoms. The number of halogens is 2. The van der Waals surface area contributed by atoms with Gasteiger partial charge in [0, 0.05) is 14.1 Å². The number of hydrogen-bond donors (Lipinski definition) is 1. The first kappa shape index (κ1) is 21.0. The van der Waals surface area contributed by atoms with E-state index in [9.17, 15) is 18.8 Å². The molecular weight excluding hydrogens is 445 g/mol. The summed E-state index contributed by atoms with van der Waals surface area (Å²) in [5.74, 6) is -0.621. The van der Waals surface area contributed by atoms with Crippen molar-refractivity contribution in [3.8, 4) is 0 Å². The van der Waals surface area contributed by atoms with E-state index < -0.39 is 11.2 Å². The molecule has 0 saturated heterocycles. The molecule has 3 aromatic rings. The summed E-state index contributed by atoms with van der Waals surface area (Å²) in [6.07, 6.45) is 0. The molecule has 29 heavy (non-hydrogen) atoms. The van der Waals surface area contributed by atoms with Crippen molar-refractivity contribution in [3.63, 3.8) is 0 Å². The molecule has 1 N–H and O–H groups in total. The van der Waals surface area contributed by atoms with Gasteiger partial charge in [-0.3, -0.25) is 23.3 Å². The Morgan fingerprint density at radius 2 is 1.79 bits per heavy atom. The third-order valence-electron chi connectivity index (χ3n) is 4.81. The standard InChI is InChI=1S/C19H21BrFN5O3/c1-10(2)14(11-5-7-12(21)8-6-11)22-13(27)9-26-16-15(23-18(26)20)17(28)25(4)19(29)24(16)3/h5-8,10,14H,9H2,1-4H3,(H,22,27). The minimum absolute atomic E-state index is 0.0593. The van der Waals surface area contributed by atoms with E-state index in [0.717, 1.165) is 10.1 Å². The molecule has 0 radical (unpaired) electrons. The molecule has 8 nitrogen and oxygen atoms in total. The van der Waals surface area contributed by atoms with Crippen LogP contribution < -0.4 is 16.6 Å². The number of nitrogens with one attached hydrogen (secondary N) is 1. The quantitative estimate of drug-likeness (QED) is 0.582. The predicted molar refractivity (Wildman–Crippen MR) is 110 cm³/mol. The van der Waals surface area contributed by atoms with Crippen molar-refractivity contribution < 1.29 is 9.18 Å². The van der Waals surface area contributed by atoms with Crippen molar-refractivity contribution in [2.24, 2.45) is 20.0 Å². The van der Waals surface area contributed by atoms with Gasteiger partial charge in [-0.2, -0.15) is 0 Å². The van der Waals surface area contributed by atoms with Gasteiger partial charge in [0.05, 0.1) is 6.04 Å². The second kappa shape index (κ2) is 7.94. The summed E-state index contributed by atoms with van der Waals surface area (Å²) in [4.78, 5) is 41.6. The van der Waals surface area contributed by atoms with Crippen molar-refractivity contribution in [3.05, 3.63) is 61.2 Å². The number of aryl methyl sites for hydroxylation is 1. The van der Waals surface area contributed by atoms with Crippen LogP contribution >= 0.6 is 15.9 Å². The highest BCUT2D eigenvalue weighted by atomic mass is 79.9. The van der Waals surface area contributed by atoms with Gasteiger partial charge >= 0.3 is 5.69 Å². The first-order valence-corrected chi connectivity index (χ1v) is 9.77. The molecule has 0 fully saturated rings. The van der Waals surface area contributed by atoms with Crippen LogP contribution in [0.15, 0.2) is 38.6 Å². The molecule has 0 aliphatic rings. The van der Waals surface area contributed by atoms with Gasteiger partial charge in [-0.05, 0) is 39.5 Å². The normalized spacial score (nSPS) is 12.5. The number of fused-ring (bicyclic) bond motifs is 1. The number of aromatic nitrogens is 4. The number of amides is 1. The lowest BCUT2D eigenvalue weighted by Crippen LogP contribution is -2.38. The van der Waals surface area contributed by atoms with E-state index in [0.29, 0.717) is 0 Å². The SMILES string of the molecule is CC(C)C(NC(=O)Cn1c(Br)nc2c(=O)n(C)c(=O)n(C)c21)c1ccc(F)cc1. The number of hydrogen-bond acceptors (Lipinski definition) is 4. The summed E-state index contributed by atoms with van der Waals surface area (Å²) < 4.78 is 17.2. The Morgan fingerprint density at radius 1 is 1.17 bits per heavy atom. The summed E-state index contributed by atoms with van der Waals surface area (Å²) in [7, 11) is 2.89. The topological polar surface area (TPSA) is 90.9 Å². The molecule has 1 atom stereocenters. The van der Waals surface area contributed by atoms with Gasteiger partial charge in [-0.15, -0.1) is 0 Å². The Labute approximate surface area is 174 Å². The third-order valence-corrected chi connectivity index (χ3v) is 5.41. The van der Waals surface area contributed by atoms with Crippen LogP contribution in [0, 0.1) is 11.7 Å². The molecule has 0 bridgehead atoms. The van der Waals surface area contributed by atoms with Gasteiger partial charge in [-0.25, -0.2) is 14.2 Å². The Balaban J connectivity index is 1.95. The van der Waals surface area contributed by atoms with E-state index >= 15 is 0 Å². The van der Waals surface area contributed by atoms with Crippen molar-refractivity contribution >= 4 is 33.0 Å². The zero-order chi connectivity index (χ0) is 21.5. The van der Waals surface area contributed by atoms with Gasteiger partial charge in [0.2, 0.25) is 5.91 Å². The van der Waals surface area contributed by atoms with E-state index in [1.54, 1.807) is 12.1 Å². The molecule has 0 saturated carbocycles. The number of carbonyl (C=O) groups is 1.